The van der Waals surface area contributed by atoms with Crippen LogP contribution in [0.3, 0.4) is 0 Å². The molecule has 0 aliphatic carbocycles. The van der Waals surface area contributed by atoms with Crippen molar-refractivity contribution in [2.45, 2.75) is 19.9 Å². The molecule has 1 atom stereocenters. The van der Waals surface area contributed by atoms with Crippen LogP contribution in [0.4, 0.5) is 4.39 Å². The van der Waals surface area contributed by atoms with Gasteiger partial charge in [-0.15, -0.1) is 0 Å². The molecule has 0 radical (unpaired) electrons. The topological polar surface area (TPSA) is 35.2 Å². The predicted octanol–water partition coefficient (Wildman–Crippen LogP) is 4.60. The lowest BCUT2D eigenvalue weighted by Crippen LogP contribution is -2.07. The van der Waals surface area contributed by atoms with Crippen LogP contribution in [0.2, 0.25) is 5.02 Å². The van der Waals surface area contributed by atoms with Crippen LogP contribution < -0.4 is 10.5 Å². The van der Waals surface area contributed by atoms with Gasteiger partial charge in [0, 0.05) is 16.6 Å². The molecule has 2 N–H and O–H groups in total. The first-order valence-electron chi connectivity index (χ1n) is 5.97. The maximum Gasteiger partial charge on any atom is 0.167 e. The summed E-state index contributed by atoms with van der Waals surface area (Å²) in [5.74, 6) is 0.274. The van der Waals surface area contributed by atoms with Gasteiger partial charge in [-0.25, -0.2) is 4.39 Å². The fourth-order valence-corrected chi connectivity index (χ4v) is 1.91. The van der Waals surface area contributed by atoms with Gasteiger partial charge in [-0.1, -0.05) is 23.7 Å². The molecule has 2 rings (SSSR count). The summed E-state index contributed by atoms with van der Waals surface area (Å²) in [6.07, 6.45) is 0. The van der Waals surface area contributed by atoms with Crippen LogP contribution in [0.25, 0.3) is 0 Å². The van der Waals surface area contributed by atoms with E-state index in [2.05, 4.69) is 0 Å². The van der Waals surface area contributed by atoms with Gasteiger partial charge in [0.1, 0.15) is 5.75 Å². The summed E-state index contributed by atoms with van der Waals surface area (Å²) in [6, 6.07) is 9.61. The Hall–Kier alpha value is -1.58. The van der Waals surface area contributed by atoms with Crippen molar-refractivity contribution in [1.29, 1.82) is 0 Å². The Morgan fingerprint density at radius 2 is 2.00 bits per heavy atom. The highest BCUT2D eigenvalue weighted by atomic mass is 35.5. The van der Waals surface area contributed by atoms with Crippen molar-refractivity contribution in [3.8, 4) is 11.5 Å². The number of hydrogen-bond donors (Lipinski definition) is 1. The van der Waals surface area contributed by atoms with E-state index >= 15 is 0 Å². The normalized spacial score (nSPS) is 12.3. The molecule has 0 spiro atoms. The van der Waals surface area contributed by atoms with E-state index in [1.807, 2.05) is 6.92 Å². The van der Waals surface area contributed by atoms with Gasteiger partial charge in [0.25, 0.3) is 0 Å². The number of ether oxygens (including phenoxy) is 1. The molecule has 0 aromatic heterocycles. The van der Waals surface area contributed by atoms with Crippen LogP contribution >= 0.6 is 11.6 Å². The molecule has 0 amide bonds. The molecule has 2 nitrogen and oxygen atoms in total. The first-order valence-corrected chi connectivity index (χ1v) is 6.35. The van der Waals surface area contributed by atoms with Crippen molar-refractivity contribution in [3.63, 3.8) is 0 Å². The summed E-state index contributed by atoms with van der Waals surface area (Å²) in [6.45, 7) is 3.65. The third kappa shape index (κ3) is 3.06. The van der Waals surface area contributed by atoms with E-state index in [0.717, 1.165) is 5.56 Å². The highest BCUT2D eigenvalue weighted by Crippen LogP contribution is 2.32. The lowest BCUT2D eigenvalue weighted by atomic mass is 10.1. The van der Waals surface area contributed by atoms with Gasteiger partial charge in [0.2, 0.25) is 0 Å². The summed E-state index contributed by atoms with van der Waals surface area (Å²) in [7, 11) is 0. The molecule has 0 aliphatic rings. The molecule has 1 unspecified atom stereocenters. The second-order valence-corrected chi connectivity index (χ2v) is 4.87. The van der Waals surface area contributed by atoms with Crippen LogP contribution in [0.15, 0.2) is 36.4 Å². The standard InChI is InChI=1S/C15H15ClFNO/c1-9-8-11(6-7-13(9)16)19-15-12(10(2)18)4-3-5-14(15)17/h3-8,10H,18H2,1-2H3. The molecule has 0 saturated heterocycles. The summed E-state index contributed by atoms with van der Waals surface area (Å²) in [5, 5.41) is 0.647. The quantitative estimate of drug-likeness (QED) is 0.891. The highest BCUT2D eigenvalue weighted by Gasteiger charge is 2.14. The zero-order chi connectivity index (χ0) is 14.0. The Kier molecular flexibility index (Phi) is 4.08. The van der Waals surface area contributed by atoms with E-state index in [-0.39, 0.29) is 11.8 Å². The van der Waals surface area contributed by atoms with E-state index < -0.39 is 5.82 Å². The average molecular weight is 280 g/mol. The fraction of sp³-hybridized carbons (Fsp3) is 0.200. The molecule has 0 aliphatic heterocycles. The second kappa shape index (κ2) is 5.59. The van der Waals surface area contributed by atoms with Gasteiger partial charge in [0.15, 0.2) is 11.6 Å². The van der Waals surface area contributed by atoms with Crippen molar-refractivity contribution < 1.29 is 9.13 Å². The minimum atomic E-state index is -0.428. The number of hydrogen-bond acceptors (Lipinski definition) is 2. The van der Waals surface area contributed by atoms with Gasteiger partial charge < -0.3 is 10.5 Å². The number of rotatable bonds is 3. The van der Waals surface area contributed by atoms with E-state index in [4.69, 9.17) is 22.1 Å². The molecule has 0 bridgehead atoms. The number of halogens is 2. The van der Waals surface area contributed by atoms with Crippen LogP contribution in [0, 0.1) is 12.7 Å². The van der Waals surface area contributed by atoms with E-state index in [0.29, 0.717) is 16.3 Å². The first-order chi connectivity index (χ1) is 8.99. The first kappa shape index (κ1) is 13.8. The Balaban J connectivity index is 2.40. The summed E-state index contributed by atoms with van der Waals surface area (Å²) in [5.41, 5.74) is 7.33. The Morgan fingerprint density at radius 1 is 1.26 bits per heavy atom. The van der Waals surface area contributed by atoms with E-state index in [9.17, 15) is 4.39 Å². The van der Waals surface area contributed by atoms with Gasteiger partial charge >= 0.3 is 0 Å². The maximum absolute atomic E-state index is 13.9. The molecule has 4 heteroatoms. The number of para-hydroxylation sites is 1. The van der Waals surface area contributed by atoms with Gasteiger partial charge in [0.05, 0.1) is 0 Å². The predicted molar refractivity (Wildman–Crippen MR) is 75.3 cm³/mol. The fourth-order valence-electron chi connectivity index (χ4n) is 1.79. The van der Waals surface area contributed by atoms with Crippen LogP contribution in [-0.2, 0) is 0 Å². The lowest BCUT2D eigenvalue weighted by Gasteiger charge is -2.15. The SMILES string of the molecule is Cc1cc(Oc2c(F)cccc2C(C)N)ccc1Cl. The van der Waals surface area contributed by atoms with Crippen LogP contribution in [0.5, 0.6) is 11.5 Å². The minimum Gasteiger partial charge on any atom is -0.454 e. The van der Waals surface area contributed by atoms with Crippen LogP contribution in [-0.4, -0.2) is 0 Å². The third-order valence-electron chi connectivity index (χ3n) is 2.84. The third-order valence-corrected chi connectivity index (χ3v) is 3.26. The second-order valence-electron chi connectivity index (χ2n) is 4.46. The number of benzene rings is 2. The Bertz CT molecular complexity index is 599. The molecule has 2 aromatic rings. The minimum absolute atomic E-state index is 0.166. The molecule has 19 heavy (non-hydrogen) atoms. The lowest BCUT2D eigenvalue weighted by molar-refractivity contribution is 0.432. The highest BCUT2D eigenvalue weighted by molar-refractivity contribution is 6.31. The molecule has 2 aromatic carbocycles. The largest absolute Gasteiger partial charge is 0.454 e. The Labute approximate surface area is 117 Å². The maximum atomic E-state index is 13.9. The molecule has 0 heterocycles. The molecule has 0 saturated carbocycles. The average Bonchev–Trinajstić information content (AvgIpc) is 2.36. The molecular weight excluding hydrogens is 265 g/mol. The summed E-state index contributed by atoms with van der Waals surface area (Å²) < 4.78 is 19.5. The van der Waals surface area contributed by atoms with Crippen molar-refractivity contribution in [2.24, 2.45) is 5.73 Å². The van der Waals surface area contributed by atoms with E-state index in [1.54, 1.807) is 37.3 Å². The van der Waals surface area contributed by atoms with Crippen molar-refractivity contribution in [3.05, 3.63) is 58.4 Å². The van der Waals surface area contributed by atoms with Gasteiger partial charge in [-0.3, -0.25) is 0 Å². The molecule has 0 fully saturated rings. The van der Waals surface area contributed by atoms with Gasteiger partial charge in [-0.05, 0) is 43.7 Å². The monoisotopic (exact) mass is 279 g/mol. The van der Waals surface area contributed by atoms with Gasteiger partial charge in [-0.2, -0.15) is 0 Å². The van der Waals surface area contributed by atoms with Crippen molar-refractivity contribution in [1.82, 2.24) is 0 Å². The smallest absolute Gasteiger partial charge is 0.167 e. The zero-order valence-electron chi connectivity index (χ0n) is 10.8. The molecular formula is C15H15ClFNO. The van der Waals surface area contributed by atoms with E-state index in [1.165, 1.54) is 6.07 Å². The van der Waals surface area contributed by atoms with Crippen LogP contribution in [0.1, 0.15) is 24.1 Å². The zero-order valence-corrected chi connectivity index (χ0v) is 11.5. The molecule has 100 valence electrons. The van der Waals surface area contributed by atoms with Crippen molar-refractivity contribution >= 4 is 11.6 Å². The summed E-state index contributed by atoms with van der Waals surface area (Å²) >= 11 is 5.95. The summed E-state index contributed by atoms with van der Waals surface area (Å²) in [4.78, 5) is 0. The van der Waals surface area contributed by atoms with Crippen molar-refractivity contribution in [2.75, 3.05) is 0 Å². The Morgan fingerprint density at radius 3 is 2.63 bits per heavy atom. The number of nitrogens with two attached hydrogens (primary N) is 1. The number of aryl methyl sites for hydroxylation is 1.